The molecule has 3 nitrogen and oxygen atoms in total. The van der Waals surface area contributed by atoms with Crippen LogP contribution in [0.3, 0.4) is 0 Å². The molecule has 1 fully saturated rings. The van der Waals surface area contributed by atoms with Crippen LogP contribution in [0.1, 0.15) is 70.4 Å². The van der Waals surface area contributed by atoms with E-state index >= 15 is 0 Å². The van der Waals surface area contributed by atoms with Crippen molar-refractivity contribution in [2.24, 2.45) is 5.92 Å². The van der Waals surface area contributed by atoms with Gasteiger partial charge in [-0.3, -0.25) is 4.79 Å². The normalized spacial score (nSPS) is 22.1. The van der Waals surface area contributed by atoms with E-state index in [9.17, 15) is 4.79 Å². The molecule has 0 saturated carbocycles. The Kier molecular flexibility index (Phi) is 5.63. The molecular weight excluding hydrogens is 272 g/mol. The molecular formula is C19H30N2O. The van der Waals surface area contributed by atoms with E-state index in [0.29, 0.717) is 17.9 Å². The van der Waals surface area contributed by atoms with Crippen LogP contribution in [0, 0.1) is 5.92 Å². The molecule has 3 heteroatoms. The Morgan fingerprint density at radius 1 is 1.18 bits per heavy atom. The summed E-state index contributed by atoms with van der Waals surface area (Å²) in [5, 5.41) is 6.68. The predicted octanol–water partition coefficient (Wildman–Crippen LogP) is 4.26. The summed E-state index contributed by atoms with van der Waals surface area (Å²) in [5.74, 6) is 1.11. The zero-order valence-electron chi connectivity index (χ0n) is 14.6. The van der Waals surface area contributed by atoms with Gasteiger partial charge in [-0.25, -0.2) is 0 Å². The molecule has 0 radical (unpaired) electrons. The van der Waals surface area contributed by atoms with Crippen LogP contribution in [0.2, 0.25) is 0 Å². The minimum Gasteiger partial charge on any atom is -0.325 e. The first kappa shape index (κ1) is 17.0. The molecule has 1 aromatic carbocycles. The lowest BCUT2D eigenvalue weighted by atomic mass is 9.90. The van der Waals surface area contributed by atoms with Crippen molar-refractivity contribution in [3.8, 4) is 0 Å². The summed E-state index contributed by atoms with van der Waals surface area (Å²) in [7, 11) is 0. The van der Waals surface area contributed by atoms with Gasteiger partial charge in [0.1, 0.15) is 0 Å². The maximum absolute atomic E-state index is 12.7. The second-order valence-electron chi connectivity index (χ2n) is 7.19. The predicted molar refractivity (Wildman–Crippen MR) is 93.4 cm³/mol. The van der Waals surface area contributed by atoms with E-state index in [0.717, 1.165) is 25.1 Å². The fraction of sp³-hybridized carbons (Fsp3) is 0.632. The molecule has 0 unspecified atom stereocenters. The largest absolute Gasteiger partial charge is 0.325 e. The Hall–Kier alpha value is -1.35. The molecule has 2 rings (SSSR count). The van der Waals surface area contributed by atoms with Crippen LogP contribution in [0.4, 0.5) is 5.69 Å². The summed E-state index contributed by atoms with van der Waals surface area (Å²) in [5.41, 5.74) is 3.52. The maximum atomic E-state index is 12.7. The average Bonchev–Trinajstić information content (AvgIpc) is 2.46. The molecule has 1 aliphatic rings. The Labute approximate surface area is 134 Å². The van der Waals surface area contributed by atoms with Crippen LogP contribution < -0.4 is 10.6 Å². The Morgan fingerprint density at radius 3 is 2.27 bits per heavy atom. The Balaban J connectivity index is 2.25. The lowest BCUT2D eigenvalue weighted by molar-refractivity contribution is -0.120. The molecule has 2 atom stereocenters. The van der Waals surface area contributed by atoms with Gasteiger partial charge < -0.3 is 10.6 Å². The minimum absolute atomic E-state index is 0.122. The summed E-state index contributed by atoms with van der Waals surface area (Å²) >= 11 is 0. The molecule has 1 aromatic rings. The number of benzene rings is 1. The highest BCUT2D eigenvalue weighted by Gasteiger charge is 2.26. The lowest BCUT2D eigenvalue weighted by Crippen LogP contribution is -2.40. The van der Waals surface area contributed by atoms with E-state index in [1.165, 1.54) is 11.1 Å². The summed E-state index contributed by atoms with van der Waals surface area (Å²) in [6, 6.07) is 6.80. The third kappa shape index (κ3) is 3.89. The Morgan fingerprint density at radius 2 is 1.77 bits per heavy atom. The second-order valence-corrected chi connectivity index (χ2v) is 7.19. The van der Waals surface area contributed by atoms with Crippen molar-refractivity contribution < 1.29 is 4.79 Å². The van der Waals surface area contributed by atoms with E-state index in [4.69, 9.17) is 0 Å². The van der Waals surface area contributed by atoms with E-state index in [-0.39, 0.29) is 11.8 Å². The van der Waals surface area contributed by atoms with Crippen molar-refractivity contribution in [1.29, 1.82) is 0 Å². The molecule has 1 aliphatic heterocycles. The number of hydrogen-bond acceptors (Lipinski definition) is 2. The SMILES string of the molecule is CC(C)c1cccc(C(C)C)c1NC(=O)[C@H]1CCN[C@@H](C)C1. The van der Waals surface area contributed by atoms with Gasteiger partial charge in [0.15, 0.2) is 0 Å². The molecule has 0 spiro atoms. The van der Waals surface area contributed by atoms with Gasteiger partial charge in [0.05, 0.1) is 0 Å². The van der Waals surface area contributed by atoms with Crippen LogP contribution >= 0.6 is 0 Å². The third-order valence-corrected chi connectivity index (χ3v) is 4.62. The highest BCUT2D eigenvalue weighted by Crippen LogP contribution is 2.33. The maximum Gasteiger partial charge on any atom is 0.227 e. The van der Waals surface area contributed by atoms with Gasteiger partial charge in [0, 0.05) is 17.6 Å². The molecule has 0 aliphatic carbocycles. The van der Waals surface area contributed by atoms with Gasteiger partial charge in [-0.15, -0.1) is 0 Å². The Bertz CT molecular complexity index is 496. The molecule has 1 heterocycles. The zero-order chi connectivity index (χ0) is 16.3. The topological polar surface area (TPSA) is 41.1 Å². The molecule has 1 saturated heterocycles. The highest BCUT2D eigenvalue weighted by molar-refractivity contribution is 5.94. The number of nitrogens with one attached hydrogen (secondary N) is 2. The van der Waals surface area contributed by atoms with Crippen LogP contribution in [0.5, 0.6) is 0 Å². The van der Waals surface area contributed by atoms with Crippen LogP contribution in [0.25, 0.3) is 0 Å². The quantitative estimate of drug-likeness (QED) is 0.872. The number of hydrogen-bond donors (Lipinski definition) is 2. The van der Waals surface area contributed by atoms with E-state index in [1.807, 2.05) is 0 Å². The number of anilines is 1. The summed E-state index contributed by atoms with van der Waals surface area (Å²) < 4.78 is 0. The molecule has 122 valence electrons. The fourth-order valence-electron chi connectivity index (χ4n) is 3.29. The molecule has 0 aromatic heterocycles. The lowest BCUT2D eigenvalue weighted by Gasteiger charge is -2.28. The highest BCUT2D eigenvalue weighted by atomic mass is 16.1. The molecule has 22 heavy (non-hydrogen) atoms. The van der Waals surface area contributed by atoms with Crippen molar-refractivity contribution in [1.82, 2.24) is 5.32 Å². The van der Waals surface area contributed by atoms with Crippen molar-refractivity contribution in [3.63, 3.8) is 0 Å². The fourth-order valence-corrected chi connectivity index (χ4v) is 3.29. The van der Waals surface area contributed by atoms with Crippen molar-refractivity contribution >= 4 is 11.6 Å². The van der Waals surface area contributed by atoms with Crippen molar-refractivity contribution in [2.75, 3.05) is 11.9 Å². The smallest absolute Gasteiger partial charge is 0.227 e. The van der Waals surface area contributed by atoms with Gasteiger partial charge >= 0.3 is 0 Å². The number of amides is 1. The van der Waals surface area contributed by atoms with Gasteiger partial charge in [-0.05, 0) is 49.3 Å². The van der Waals surface area contributed by atoms with Gasteiger partial charge in [-0.2, -0.15) is 0 Å². The number of carbonyl (C=O) groups is 1. The number of carbonyl (C=O) groups excluding carboxylic acids is 1. The molecule has 2 N–H and O–H groups in total. The van der Waals surface area contributed by atoms with Gasteiger partial charge in [0.25, 0.3) is 0 Å². The van der Waals surface area contributed by atoms with Gasteiger partial charge in [0.2, 0.25) is 5.91 Å². The first-order valence-electron chi connectivity index (χ1n) is 8.57. The van der Waals surface area contributed by atoms with Crippen LogP contribution in [-0.4, -0.2) is 18.5 Å². The number of piperidine rings is 1. The van der Waals surface area contributed by atoms with Crippen molar-refractivity contribution in [3.05, 3.63) is 29.3 Å². The monoisotopic (exact) mass is 302 g/mol. The zero-order valence-corrected chi connectivity index (χ0v) is 14.6. The third-order valence-electron chi connectivity index (χ3n) is 4.62. The van der Waals surface area contributed by atoms with E-state index in [1.54, 1.807) is 0 Å². The van der Waals surface area contributed by atoms with Crippen LogP contribution in [-0.2, 0) is 4.79 Å². The summed E-state index contributed by atoms with van der Waals surface area (Å²) in [6.45, 7) is 11.8. The number of rotatable bonds is 4. The van der Waals surface area contributed by atoms with Crippen LogP contribution in [0.15, 0.2) is 18.2 Å². The summed E-state index contributed by atoms with van der Waals surface area (Å²) in [4.78, 5) is 12.7. The molecule has 0 bridgehead atoms. The van der Waals surface area contributed by atoms with Gasteiger partial charge in [-0.1, -0.05) is 45.9 Å². The number of para-hydroxylation sites is 1. The van der Waals surface area contributed by atoms with Crippen molar-refractivity contribution in [2.45, 2.75) is 65.3 Å². The first-order valence-corrected chi connectivity index (χ1v) is 8.57. The second kappa shape index (κ2) is 7.28. The molecule has 1 amide bonds. The standard InChI is InChI=1S/C19H30N2O/c1-12(2)16-7-6-8-17(13(3)4)18(16)21-19(22)15-9-10-20-14(5)11-15/h6-8,12-15,20H,9-11H2,1-5H3,(H,21,22)/t14-,15-/m0/s1. The summed E-state index contributed by atoms with van der Waals surface area (Å²) in [6.07, 6.45) is 1.85. The first-order chi connectivity index (χ1) is 10.4. The average molecular weight is 302 g/mol. The van der Waals surface area contributed by atoms with E-state index < -0.39 is 0 Å². The van der Waals surface area contributed by atoms with E-state index in [2.05, 4.69) is 63.5 Å². The minimum atomic E-state index is 0.122.